The van der Waals surface area contributed by atoms with Crippen molar-refractivity contribution in [1.82, 2.24) is 10.2 Å². The molecule has 0 aliphatic carbocycles. The number of carbonyl (C=O) groups excluding carboxylic acids is 2. The second kappa shape index (κ2) is 14.7. The van der Waals surface area contributed by atoms with Gasteiger partial charge in [-0.25, -0.2) is 8.42 Å². The van der Waals surface area contributed by atoms with Crippen LogP contribution in [0.1, 0.15) is 38.7 Å². The summed E-state index contributed by atoms with van der Waals surface area (Å²) in [6.45, 7) is 3.79. The maximum absolute atomic E-state index is 14.0. The number of halogens is 3. The minimum atomic E-state index is -4.21. The minimum Gasteiger partial charge on any atom is -0.354 e. The van der Waals surface area contributed by atoms with Crippen LogP contribution >= 0.6 is 34.8 Å². The number of hydrogen-bond acceptors (Lipinski definition) is 4. The van der Waals surface area contributed by atoms with Gasteiger partial charge in [0, 0.05) is 28.2 Å². The van der Waals surface area contributed by atoms with Crippen LogP contribution in [0.25, 0.3) is 0 Å². The van der Waals surface area contributed by atoms with Crippen LogP contribution in [0.4, 0.5) is 5.69 Å². The fourth-order valence-electron chi connectivity index (χ4n) is 4.14. The first-order chi connectivity index (χ1) is 19.1. The molecule has 0 fully saturated rings. The van der Waals surface area contributed by atoms with Gasteiger partial charge in [-0.2, -0.15) is 0 Å². The van der Waals surface area contributed by atoms with Crippen molar-refractivity contribution in [3.05, 3.63) is 93.4 Å². The molecule has 3 aromatic rings. The molecule has 0 spiro atoms. The number of carbonyl (C=O) groups is 2. The topological polar surface area (TPSA) is 86.8 Å². The van der Waals surface area contributed by atoms with Crippen LogP contribution in [0.3, 0.4) is 0 Å². The summed E-state index contributed by atoms with van der Waals surface area (Å²) in [5.74, 6) is -0.871. The van der Waals surface area contributed by atoms with Gasteiger partial charge in [0.05, 0.1) is 10.6 Å². The van der Waals surface area contributed by atoms with Gasteiger partial charge < -0.3 is 10.2 Å². The van der Waals surface area contributed by atoms with E-state index in [1.807, 2.05) is 6.92 Å². The quantitative estimate of drug-likeness (QED) is 0.218. The first-order valence-corrected chi connectivity index (χ1v) is 15.5. The fourth-order valence-corrected chi connectivity index (χ4v) is 6.20. The van der Waals surface area contributed by atoms with Gasteiger partial charge in [-0.1, -0.05) is 85.4 Å². The van der Waals surface area contributed by atoms with Crippen molar-refractivity contribution in [3.63, 3.8) is 0 Å². The maximum Gasteiger partial charge on any atom is 0.264 e. The number of anilines is 1. The third kappa shape index (κ3) is 8.36. The maximum atomic E-state index is 14.0. The Morgan fingerprint density at radius 2 is 1.50 bits per heavy atom. The molecule has 0 heterocycles. The molecular formula is C29H32Cl3N3O4S. The second-order valence-corrected chi connectivity index (χ2v) is 12.3. The molecule has 0 bridgehead atoms. The van der Waals surface area contributed by atoms with E-state index in [1.165, 1.54) is 35.2 Å². The molecule has 1 N–H and O–H groups in total. The zero-order valence-electron chi connectivity index (χ0n) is 22.3. The average Bonchev–Trinajstić information content (AvgIpc) is 2.92. The summed E-state index contributed by atoms with van der Waals surface area (Å²) in [6.07, 6.45) is 2.02. The number of unbranched alkanes of at least 4 members (excludes halogenated alkanes) is 1. The van der Waals surface area contributed by atoms with E-state index in [2.05, 4.69) is 5.32 Å². The molecule has 3 rings (SSSR count). The smallest absolute Gasteiger partial charge is 0.264 e. The van der Waals surface area contributed by atoms with E-state index < -0.39 is 28.5 Å². The highest BCUT2D eigenvalue weighted by molar-refractivity contribution is 7.92. The van der Waals surface area contributed by atoms with Crippen LogP contribution in [-0.4, -0.2) is 44.3 Å². The van der Waals surface area contributed by atoms with E-state index in [-0.39, 0.29) is 33.1 Å². The van der Waals surface area contributed by atoms with Crippen molar-refractivity contribution in [2.45, 2.75) is 50.6 Å². The van der Waals surface area contributed by atoms with E-state index in [0.717, 1.165) is 22.7 Å². The Hall–Kier alpha value is -2.78. The lowest BCUT2D eigenvalue weighted by Gasteiger charge is -2.33. The summed E-state index contributed by atoms with van der Waals surface area (Å²) in [4.78, 5) is 28.6. The van der Waals surface area contributed by atoms with E-state index in [4.69, 9.17) is 34.8 Å². The van der Waals surface area contributed by atoms with Gasteiger partial charge in [-0.05, 0) is 60.9 Å². The number of rotatable bonds is 13. The summed E-state index contributed by atoms with van der Waals surface area (Å²) < 4.78 is 28.6. The number of nitrogens with one attached hydrogen (secondary N) is 1. The lowest BCUT2D eigenvalue weighted by atomic mass is 10.1. The monoisotopic (exact) mass is 623 g/mol. The van der Waals surface area contributed by atoms with Gasteiger partial charge in [0.1, 0.15) is 12.6 Å². The van der Waals surface area contributed by atoms with Crippen LogP contribution in [0.2, 0.25) is 15.1 Å². The summed E-state index contributed by atoms with van der Waals surface area (Å²) in [7, 11) is -4.21. The van der Waals surface area contributed by atoms with Gasteiger partial charge in [-0.3, -0.25) is 13.9 Å². The Kier molecular flexibility index (Phi) is 11.7. The van der Waals surface area contributed by atoms with Crippen molar-refractivity contribution >= 4 is 62.3 Å². The Bertz CT molecular complexity index is 1380. The highest BCUT2D eigenvalue weighted by Gasteiger charge is 2.33. The predicted molar refractivity (Wildman–Crippen MR) is 161 cm³/mol. The molecule has 7 nitrogen and oxygen atoms in total. The first kappa shape index (κ1) is 31.7. The molecule has 0 aromatic heterocycles. The van der Waals surface area contributed by atoms with Crippen molar-refractivity contribution in [2.75, 3.05) is 17.4 Å². The van der Waals surface area contributed by atoms with Crippen molar-refractivity contribution in [1.29, 1.82) is 0 Å². The number of amides is 2. The predicted octanol–water partition coefficient (Wildman–Crippen LogP) is 6.57. The molecule has 214 valence electrons. The van der Waals surface area contributed by atoms with Crippen LogP contribution in [-0.2, 0) is 26.2 Å². The van der Waals surface area contributed by atoms with Gasteiger partial charge in [0.25, 0.3) is 10.0 Å². The molecule has 3 aromatic carbocycles. The Labute approximate surface area is 251 Å². The SMILES string of the molecule is CCCCNC(=O)C(CC)N(Cc1ccc(Cl)cc1)C(=O)CN(c1cc(Cl)cc(Cl)c1)S(=O)(=O)c1ccccc1. The van der Waals surface area contributed by atoms with Crippen molar-refractivity contribution in [2.24, 2.45) is 0 Å². The molecule has 11 heteroatoms. The Morgan fingerprint density at radius 1 is 0.875 bits per heavy atom. The van der Waals surface area contributed by atoms with E-state index >= 15 is 0 Å². The summed E-state index contributed by atoms with van der Waals surface area (Å²) >= 11 is 18.5. The standard InChI is InChI=1S/C29H32Cl3N3O4S/c1-3-5-15-33-29(37)27(4-2)34(19-21-11-13-22(30)14-12-21)28(36)20-35(25-17-23(31)16-24(32)18-25)40(38,39)26-9-7-6-8-10-26/h6-14,16-18,27H,3-5,15,19-20H2,1-2H3,(H,33,37). The van der Waals surface area contributed by atoms with Crippen LogP contribution in [0.5, 0.6) is 0 Å². The molecule has 0 saturated heterocycles. The molecule has 1 atom stereocenters. The number of hydrogen-bond donors (Lipinski definition) is 1. The second-order valence-electron chi connectivity index (χ2n) is 9.17. The molecular weight excluding hydrogens is 593 g/mol. The van der Waals surface area contributed by atoms with Crippen LogP contribution in [0.15, 0.2) is 77.7 Å². The third-order valence-electron chi connectivity index (χ3n) is 6.23. The number of sulfonamides is 1. The van der Waals surface area contributed by atoms with Crippen molar-refractivity contribution in [3.8, 4) is 0 Å². The zero-order valence-corrected chi connectivity index (χ0v) is 25.4. The zero-order chi connectivity index (χ0) is 29.3. The van der Waals surface area contributed by atoms with Gasteiger partial charge in [0.2, 0.25) is 11.8 Å². The largest absolute Gasteiger partial charge is 0.354 e. The lowest BCUT2D eigenvalue weighted by molar-refractivity contribution is -0.140. The van der Waals surface area contributed by atoms with Crippen LogP contribution in [0, 0.1) is 0 Å². The van der Waals surface area contributed by atoms with Gasteiger partial charge >= 0.3 is 0 Å². The summed E-state index contributed by atoms with van der Waals surface area (Å²) in [5.41, 5.74) is 0.863. The fraction of sp³-hybridized carbons (Fsp3) is 0.310. The molecule has 40 heavy (non-hydrogen) atoms. The van der Waals surface area contributed by atoms with Gasteiger partial charge in [-0.15, -0.1) is 0 Å². The highest BCUT2D eigenvalue weighted by Crippen LogP contribution is 2.30. The molecule has 1 unspecified atom stereocenters. The minimum absolute atomic E-state index is 0.00694. The lowest BCUT2D eigenvalue weighted by Crippen LogP contribution is -2.52. The molecule has 2 amide bonds. The van der Waals surface area contributed by atoms with Crippen LogP contribution < -0.4 is 9.62 Å². The number of nitrogens with zero attached hydrogens (tertiary/aromatic N) is 2. The van der Waals surface area contributed by atoms with E-state index in [0.29, 0.717) is 18.0 Å². The van der Waals surface area contributed by atoms with E-state index in [1.54, 1.807) is 49.4 Å². The summed E-state index contributed by atoms with van der Waals surface area (Å²) in [6, 6.07) is 18.2. The summed E-state index contributed by atoms with van der Waals surface area (Å²) in [5, 5.41) is 3.85. The molecule has 0 aliphatic rings. The first-order valence-electron chi connectivity index (χ1n) is 12.9. The molecule has 0 radical (unpaired) electrons. The average molecular weight is 625 g/mol. The Morgan fingerprint density at radius 3 is 2.08 bits per heavy atom. The Balaban J connectivity index is 2.05. The molecule has 0 aliphatic heterocycles. The van der Waals surface area contributed by atoms with E-state index in [9.17, 15) is 18.0 Å². The molecule has 0 saturated carbocycles. The third-order valence-corrected chi connectivity index (χ3v) is 8.70. The van der Waals surface area contributed by atoms with Gasteiger partial charge in [0.15, 0.2) is 0 Å². The normalized spacial score (nSPS) is 12.0. The number of benzene rings is 3. The highest BCUT2D eigenvalue weighted by atomic mass is 35.5. The van der Waals surface area contributed by atoms with Crippen molar-refractivity contribution < 1.29 is 18.0 Å².